The maximum Gasteiger partial charge on any atom is 0.308 e. The monoisotopic (exact) mass is 650 g/mol. The van der Waals surface area contributed by atoms with Crippen molar-refractivity contribution in [1.82, 2.24) is 4.57 Å². The lowest BCUT2D eigenvalue weighted by Gasteiger charge is -2.30. The Balaban J connectivity index is 1.37. The molecule has 14 heteroatoms. The van der Waals surface area contributed by atoms with Crippen LogP contribution in [-0.2, 0) is 31.0 Å². The number of primary sulfonamides is 1. The largest absolute Gasteiger partial charge is 0.497 e. The third kappa shape index (κ3) is 5.34. The first-order chi connectivity index (χ1) is 21.0. The number of carbonyl (C=O) groups excluding carboxylic acids is 3. The third-order valence-electron chi connectivity index (χ3n) is 7.58. The number of ether oxygens (including phenoxy) is 1. The fourth-order valence-corrected chi connectivity index (χ4v) is 8.73. The standard InChI is InChI=1S/C30H26N4O7S3/c1-16-3-9-19(10-4-16)34-27(36)24-23(17-5-11-20(41-2)12-6-17)26-29(42-25(24)28(34)37)33(30(38)43-26)15-22(35)32-18-7-13-21(14-8-18)44(31,39)40/h3-14,23-25H,15H2,1-2H3,(H,32,35)(H2,31,39,40)/t23-,24+,25-/m0/s1. The van der Waals surface area contributed by atoms with Crippen molar-refractivity contribution < 1.29 is 27.5 Å². The zero-order valence-electron chi connectivity index (χ0n) is 23.4. The van der Waals surface area contributed by atoms with Gasteiger partial charge in [0.05, 0.1) is 28.6 Å². The van der Waals surface area contributed by atoms with Crippen molar-refractivity contribution in [2.75, 3.05) is 17.3 Å². The number of hydrogen-bond acceptors (Lipinski definition) is 9. The van der Waals surface area contributed by atoms with Crippen LogP contribution in [0, 0.1) is 12.8 Å². The van der Waals surface area contributed by atoms with Crippen molar-refractivity contribution in [3.05, 3.63) is 98.5 Å². The maximum atomic E-state index is 14.0. The second-order valence-corrected chi connectivity index (χ2v) is 14.1. The topological polar surface area (TPSA) is 158 Å². The van der Waals surface area contributed by atoms with Gasteiger partial charge in [-0.3, -0.25) is 23.7 Å². The van der Waals surface area contributed by atoms with E-state index in [9.17, 15) is 27.6 Å². The number of amides is 3. The number of sulfonamides is 1. The molecular formula is C30H26N4O7S3. The lowest BCUT2D eigenvalue weighted by Crippen LogP contribution is -2.33. The fourth-order valence-electron chi connectivity index (χ4n) is 5.45. The molecule has 0 radical (unpaired) electrons. The summed E-state index contributed by atoms with van der Waals surface area (Å²) in [5, 5.41) is 7.43. The Morgan fingerprint density at radius 2 is 1.61 bits per heavy atom. The summed E-state index contributed by atoms with van der Waals surface area (Å²) in [7, 11) is -2.35. The lowest BCUT2D eigenvalue weighted by atomic mass is 9.83. The number of anilines is 2. The predicted octanol–water partition coefficient (Wildman–Crippen LogP) is 3.31. The Bertz CT molecular complexity index is 1950. The fraction of sp³-hybridized carbons (Fsp3) is 0.200. The molecule has 11 nitrogen and oxygen atoms in total. The minimum atomic E-state index is -3.90. The van der Waals surface area contributed by atoms with E-state index in [1.54, 1.807) is 31.4 Å². The van der Waals surface area contributed by atoms with Crippen molar-refractivity contribution in [3.63, 3.8) is 0 Å². The number of hydrogen-bond donors (Lipinski definition) is 2. The molecule has 3 atom stereocenters. The van der Waals surface area contributed by atoms with E-state index in [4.69, 9.17) is 9.88 Å². The number of nitrogens with one attached hydrogen (secondary N) is 1. The van der Waals surface area contributed by atoms with Gasteiger partial charge in [0, 0.05) is 16.5 Å². The van der Waals surface area contributed by atoms with Gasteiger partial charge in [0.1, 0.15) is 17.5 Å². The van der Waals surface area contributed by atoms with E-state index in [1.165, 1.54) is 33.7 Å². The van der Waals surface area contributed by atoms with Crippen molar-refractivity contribution in [2.24, 2.45) is 11.1 Å². The first-order valence-corrected chi connectivity index (χ1v) is 16.6. The summed E-state index contributed by atoms with van der Waals surface area (Å²) in [6.07, 6.45) is 0. The van der Waals surface area contributed by atoms with Gasteiger partial charge in [0.25, 0.3) is 0 Å². The van der Waals surface area contributed by atoms with Crippen molar-refractivity contribution in [1.29, 1.82) is 0 Å². The molecule has 0 saturated carbocycles. The summed E-state index contributed by atoms with van der Waals surface area (Å²) in [5.74, 6) is -2.03. The summed E-state index contributed by atoms with van der Waals surface area (Å²) in [4.78, 5) is 55.5. The number of aryl methyl sites for hydroxylation is 1. The van der Waals surface area contributed by atoms with Gasteiger partial charge in [-0.15, -0.1) is 0 Å². The van der Waals surface area contributed by atoms with Crippen LogP contribution in [0.25, 0.3) is 0 Å². The van der Waals surface area contributed by atoms with E-state index in [-0.39, 0.29) is 23.3 Å². The van der Waals surface area contributed by atoms with E-state index in [1.807, 2.05) is 31.2 Å². The number of benzene rings is 3. The van der Waals surface area contributed by atoms with Gasteiger partial charge in [-0.05, 0) is 61.0 Å². The molecule has 0 bridgehead atoms. The molecule has 1 aromatic heterocycles. The SMILES string of the molecule is COc1ccc([C@@H]2c3sc(=O)n(CC(=O)Nc4ccc(S(N)(=O)=O)cc4)c3S[C@@H]3C(=O)N(c4ccc(C)cc4)C(=O)[C@H]23)cc1. The second kappa shape index (κ2) is 11.4. The Kier molecular flexibility index (Phi) is 7.70. The highest BCUT2D eigenvalue weighted by atomic mass is 32.2. The predicted molar refractivity (Wildman–Crippen MR) is 167 cm³/mol. The molecule has 226 valence electrons. The maximum absolute atomic E-state index is 14.0. The van der Waals surface area contributed by atoms with Gasteiger partial charge in [-0.2, -0.15) is 0 Å². The average molecular weight is 651 g/mol. The van der Waals surface area contributed by atoms with Crippen molar-refractivity contribution >= 4 is 62.2 Å². The molecule has 0 unspecified atom stereocenters. The summed E-state index contributed by atoms with van der Waals surface area (Å²) in [6.45, 7) is 1.56. The average Bonchev–Trinajstić information content (AvgIpc) is 3.43. The number of carbonyl (C=O) groups is 3. The molecule has 3 amide bonds. The van der Waals surface area contributed by atoms with Crippen LogP contribution in [0.2, 0.25) is 0 Å². The van der Waals surface area contributed by atoms with Gasteiger partial charge in [-0.1, -0.05) is 52.9 Å². The van der Waals surface area contributed by atoms with Gasteiger partial charge in [0.2, 0.25) is 27.7 Å². The van der Waals surface area contributed by atoms with Gasteiger partial charge in [-0.25, -0.2) is 18.5 Å². The summed E-state index contributed by atoms with van der Waals surface area (Å²) in [6, 6.07) is 19.6. The van der Waals surface area contributed by atoms with Gasteiger partial charge >= 0.3 is 4.87 Å². The van der Waals surface area contributed by atoms with Crippen LogP contribution in [0.5, 0.6) is 5.75 Å². The second-order valence-electron chi connectivity index (χ2n) is 10.4. The van der Waals surface area contributed by atoms with Crippen LogP contribution in [-0.4, -0.2) is 43.1 Å². The molecule has 0 spiro atoms. The number of aromatic nitrogens is 1. The first-order valence-electron chi connectivity index (χ1n) is 13.4. The zero-order valence-corrected chi connectivity index (χ0v) is 25.9. The van der Waals surface area contributed by atoms with Crippen LogP contribution in [0.1, 0.15) is 21.9 Å². The Morgan fingerprint density at radius 1 is 0.955 bits per heavy atom. The van der Waals surface area contributed by atoms with Crippen LogP contribution in [0.3, 0.4) is 0 Å². The molecule has 3 heterocycles. The number of nitrogens with zero attached hydrogens (tertiary/aromatic N) is 2. The van der Waals surface area contributed by atoms with Crippen LogP contribution >= 0.6 is 23.1 Å². The molecule has 2 aliphatic rings. The number of nitrogens with two attached hydrogens (primary N) is 1. The molecule has 4 aromatic rings. The van der Waals surface area contributed by atoms with E-state index >= 15 is 0 Å². The minimum absolute atomic E-state index is 0.107. The summed E-state index contributed by atoms with van der Waals surface area (Å²) < 4.78 is 29.7. The molecule has 3 N–H and O–H groups in total. The number of rotatable bonds is 7. The van der Waals surface area contributed by atoms with E-state index in [2.05, 4.69) is 5.32 Å². The Hall–Kier alpha value is -4.24. The van der Waals surface area contributed by atoms with E-state index < -0.39 is 37.9 Å². The first kappa shape index (κ1) is 29.8. The smallest absolute Gasteiger partial charge is 0.308 e. The Labute approximate surface area is 260 Å². The number of imide groups is 1. The molecule has 2 aliphatic heterocycles. The molecule has 0 aliphatic carbocycles. The highest BCUT2D eigenvalue weighted by molar-refractivity contribution is 8.00. The highest BCUT2D eigenvalue weighted by Gasteiger charge is 2.56. The normalized spacial score (nSPS) is 19.4. The van der Waals surface area contributed by atoms with Crippen molar-refractivity contribution in [3.8, 4) is 5.75 Å². The highest BCUT2D eigenvalue weighted by Crippen LogP contribution is 2.54. The van der Waals surface area contributed by atoms with Crippen LogP contribution in [0.4, 0.5) is 11.4 Å². The molecule has 1 saturated heterocycles. The summed E-state index contributed by atoms with van der Waals surface area (Å²) >= 11 is 2.07. The summed E-state index contributed by atoms with van der Waals surface area (Å²) in [5.41, 5.74) is 2.51. The quantitative estimate of drug-likeness (QED) is 0.289. The van der Waals surface area contributed by atoms with Crippen LogP contribution < -0.4 is 25.0 Å². The van der Waals surface area contributed by atoms with Crippen molar-refractivity contribution in [2.45, 2.75) is 34.6 Å². The Morgan fingerprint density at radius 3 is 2.23 bits per heavy atom. The zero-order chi connectivity index (χ0) is 31.3. The van der Waals surface area contributed by atoms with E-state index in [0.29, 0.717) is 27.0 Å². The molecule has 6 rings (SSSR count). The van der Waals surface area contributed by atoms with E-state index in [0.717, 1.165) is 34.2 Å². The molecule has 1 fully saturated rings. The minimum Gasteiger partial charge on any atom is -0.497 e. The van der Waals surface area contributed by atoms with Gasteiger partial charge < -0.3 is 10.1 Å². The molecule has 44 heavy (non-hydrogen) atoms. The molecular weight excluding hydrogens is 625 g/mol. The number of methoxy groups -OCH3 is 1. The third-order valence-corrected chi connectivity index (χ3v) is 11.1. The van der Waals surface area contributed by atoms with Gasteiger partial charge in [0.15, 0.2) is 0 Å². The number of thioether (sulfide) groups is 1. The number of fused-ring (bicyclic) bond motifs is 2. The van der Waals surface area contributed by atoms with Crippen LogP contribution in [0.15, 0.2) is 87.5 Å². The molecule has 3 aromatic carbocycles. The lowest BCUT2D eigenvalue weighted by molar-refractivity contribution is -0.122. The number of thiazole rings is 1.